The lowest BCUT2D eigenvalue weighted by Crippen LogP contribution is -1.97. The fourth-order valence-corrected chi connectivity index (χ4v) is 2.69. The highest BCUT2D eigenvalue weighted by atomic mass is 32.1. The van der Waals surface area contributed by atoms with Gasteiger partial charge in [-0.05, 0) is 36.1 Å². The predicted molar refractivity (Wildman–Crippen MR) is 78.3 cm³/mol. The van der Waals surface area contributed by atoms with Gasteiger partial charge in [-0.1, -0.05) is 13.8 Å². The second-order valence-electron chi connectivity index (χ2n) is 4.75. The largest absolute Gasteiger partial charge is 0.496 e. The van der Waals surface area contributed by atoms with Crippen molar-refractivity contribution < 1.29 is 9.53 Å². The molecule has 100 valence electrons. The van der Waals surface area contributed by atoms with E-state index < -0.39 is 0 Å². The number of hydrogen-bond acceptors (Lipinski definition) is 4. The Kier molecular flexibility index (Phi) is 4.00. The zero-order valence-corrected chi connectivity index (χ0v) is 12.4. The first-order valence-electron chi connectivity index (χ1n) is 6.16. The molecule has 0 N–H and O–H groups in total. The molecule has 0 bridgehead atoms. The van der Waals surface area contributed by atoms with Crippen LogP contribution in [0.1, 0.15) is 40.7 Å². The van der Waals surface area contributed by atoms with Crippen LogP contribution in [0.4, 0.5) is 0 Å². The molecule has 0 amide bonds. The highest BCUT2D eigenvalue weighted by Gasteiger charge is 2.14. The van der Waals surface area contributed by atoms with Gasteiger partial charge in [0.25, 0.3) is 0 Å². The van der Waals surface area contributed by atoms with Gasteiger partial charge in [0.1, 0.15) is 5.75 Å². The molecule has 19 heavy (non-hydrogen) atoms. The maximum absolute atomic E-state index is 10.7. The normalized spacial score (nSPS) is 10.8. The standard InChI is InChI=1S/C15H17NO2S/c1-9(2)11-6-12(10(3)5-14(11)18-4)13-8-19-15(7-17)16-13/h5-9H,1-4H3. The molecule has 4 heteroatoms. The van der Waals surface area contributed by atoms with Crippen LogP contribution in [-0.2, 0) is 0 Å². The molecule has 0 aliphatic heterocycles. The molecule has 2 rings (SSSR count). The maximum Gasteiger partial charge on any atom is 0.178 e. The van der Waals surface area contributed by atoms with Crippen molar-refractivity contribution in [2.45, 2.75) is 26.7 Å². The van der Waals surface area contributed by atoms with Crippen LogP contribution in [0.15, 0.2) is 17.5 Å². The fraction of sp³-hybridized carbons (Fsp3) is 0.333. The molecule has 3 nitrogen and oxygen atoms in total. The Morgan fingerprint density at radius 1 is 1.37 bits per heavy atom. The summed E-state index contributed by atoms with van der Waals surface area (Å²) in [6.07, 6.45) is 0.788. The predicted octanol–water partition coefficient (Wildman–Crippen LogP) is 4.06. The van der Waals surface area contributed by atoms with Gasteiger partial charge in [0.2, 0.25) is 0 Å². The SMILES string of the molecule is COc1cc(C)c(-c2csc(C=O)n2)cc1C(C)C. The number of methoxy groups -OCH3 is 1. The zero-order chi connectivity index (χ0) is 14.0. The number of aromatic nitrogens is 1. The van der Waals surface area contributed by atoms with Crippen molar-refractivity contribution in [2.24, 2.45) is 0 Å². The molecule has 1 heterocycles. The first kappa shape index (κ1) is 13.7. The second kappa shape index (κ2) is 5.53. The Balaban J connectivity index is 2.57. The molecule has 2 aromatic rings. The van der Waals surface area contributed by atoms with E-state index in [1.54, 1.807) is 7.11 Å². The number of thiazole rings is 1. The lowest BCUT2D eigenvalue weighted by Gasteiger charge is -2.15. The Labute approximate surface area is 117 Å². The average Bonchev–Trinajstić information content (AvgIpc) is 2.86. The van der Waals surface area contributed by atoms with Gasteiger partial charge in [0.05, 0.1) is 12.8 Å². The van der Waals surface area contributed by atoms with Crippen molar-refractivity contribution >= 4 is 17.6 Å². The van der Waals surface area contributed by atoms with Gasteiger partial charge in [0, 0.05) is 10.9 Å². The van der Waals surface area contributed by atoms with Crippen LogP contribution in [0, 0.1) is 6.92 Å². The molecule has 0 saturated heterocycles. The number of benzene rings is 1. The number of aryl methyl sites for hydroxylation is 1. The molecule has 0 unspecified atom stereocenters. The van der Waals surface area contributed by atoms with E-state index in [2.05, 4.69) is 24.9 Å². The summed E-state index contributed by atoms with van der Waals surface area (Å²) in [6.45, 7) is 6.30. The van der Waals surface area contributed by atoms with E-state index in [0.717, 1.165) is 34.4 Å². The summed E-state index contributed by atoms with van der Waals surface area (Å²) >= 11 is 1.37. The maximum atomic E-state index is 10.7. The van der Waals surface area contributed by atoms with Crippen molar-refractivity contribution in [2.75, 3.05) is 7.11 Å². The number of carbonyl (C=O) groups excluding carboxylic acids is 1. The third-order valence-corrected chi connectivity index (χ3v) is 3.87. The second-order valence-corrected chi connectivity index (χ2v) is 5.64. The first-order valence-corrected chi connectivity index (χ1v) is 7.04. The quantitative estimate of drug-likeness (QED) is 0.790. The highest BCUT2D eigenvalue weighted by molar-refractivity contribution is 7.11. The molecule has 0 fully saturated rings. The summed E-state index contributed by atoms with van der Waals surface area (Å²) in [5.74, 6) is 1.28. The zero-order valence-electron chi connectivity index (χ0n) is 11.6. The summed E-state index contributed by atoms with van der Waals surface area (Å²) in [4.78, 5) is 15.1. The molecule has 0 aliphatic rings. The van der Waals surface area contributed by atoms with Crippen molar-refractivity contribution in [3.05, 3.63) is 33.6 Å². The summed E-state index contributed by atoms with van der Waals surface area (Å²) in [5.41, 5.74) is 4.18. The lowest BCUT2D eigenvalue weighted by molar-refractivity contribution is 0.112. The number of ether oxygens (including phenoxy) is 1. The highest BCUT2D eigenvalue weighted by Crippen LogP contribution is 2.34. The van der Waals surface area contributed by atoms with Gasteiger partial charge in [-0.15, -0.1) is 11.3 Å². The van der Waals surface area contributed by atoms with Crippen LogP contribution in [0.25, 0.3) is 11.3 Å². The van der Waals surface area contributed by atoms with Crippen LogP contribution >= 0.6 is 11.3 Å². The van der Waals surface area contributed by atoms with Gasteiger partial charge in [-0.2, -0.15) is 0 Å². The van der Waals surface area contributed by atoms with E-state index in [0.29, 0.717) is 10.9 Å². The van der Waals surface area contributed by atoms with E-state index in [4.69, 9.17) is 4.74 Å². The number of rotatable bonds is 4. The van der Waals surface area contributed by atoms with Crippen LogP contribution < -0.4 is 4.74 Å². The molecule has 1 aromatic carbocycles. The summed E-state index contributed by atoms with van der Waals surface area (Å²) in [6, 6.07) is 4.15. The van der Waals surface area contributed by atoms with Gasteiger partial charge in [-0.25, -0.2) is 4.98 Å². The number of carbonyl (C=O) groups is 1. The van der Waals surface area contributed by atoms with Crippen LogP contribution in [0.2, 0.25) is 0 Å². The van der Waals surface area contributed by atoms with Crippen LogP contribution in [0.5, 0.6) is 5.75 Å². The number of aldehydes is 1. The van der Waals surface area contributed by atoms with Crippen LogP contribution in [-0.4, -0.2) is 18.4 Å². The van der Waals surface area contributed by atoms with Crippen molar-refractivity contribution in [1.82, 2.24) is 4.98 Å². The monoisotopic (exact) mass is 275 g/mol. The summed E-state index contributed by atoms with van der Waals surface area (Å²) in [5, 5.41) is 2.43. The minimum absolute atomic E-state index is 0.374. The molecule has 0 radical (unpaired) electrons. The molecular formula is C15H17NO2S. The average molecular weight is 275 g/mol. The molecule has 0 saturated carbocycles. The molecule has 0 aliphatic carbocycles. The van der Waals surface area contributed by atoms with Crippen molar-refractivity contribution in [1.29, 1.82) is 0 Å². The van der Waals surface area contributed by atoms with Gasteiger partial charge in [0.15, 0.2) is 11.3 Å². The first-order chi connectivity index (χ1) is 9.06. The fourth-order valence-electron chi connectivity index (χ4n) is 2.07. The van der Waals surface area contributed by atoms with E-state index >= 15 is 0 Å². The topological polar surface area (TPSA) is 39.2 Å². The smallest absolute Gasteiger partial charge is 0.178 e. The Morgan fingerprint density at radius 3 is 2.63 bits per heavy atom. The van der Waals surface area contributed by atoms with E-state index in [1.165, 1.54) is 11.3 Å². The minimum Gasteiger partial charge on any atom is -0.496 e. The third-order valence-electron chi connectivity index (χ3n) is 3.10. The lowest BCUT2D eigenvalue weighted by atomic mass is 9.95. The van der Waals surface area contributed by atoms with Gasteiger partial charge >= 0.3 is 0 Å². The third kappa shape index (κ3) is 2.68. The molecule has 1 aromatic heterocycles. The number of nitrogens with zero attached hydrogens (tertiary/aromatic N) is 1. The molecular weight excluding hydrogens is 258 g/mol. The van der Waals surface area contributed by atoms with Gasteiger partial charge in [-0.3, -0.25) is 4.79 Å². The summed E-state index contributed by atoms with van der Waals surface area (Å²) in [7, 11) is 1.69. The molecule has 0 spiro atoms. The van der Waals surface area contributed by atoms with Crippen molar-refractivity contribution in [3.8, 4) is 17.0 Å². The minimum atomic E-state index is 0.374. The molecule has 0 atom stereocenters. The van der Waals surface area contributed by atoms with Crippen LogP contribution in [0.3, 0.4) is 0 Å². The Morgan fingerprint density at radius 2 is 2.11 bits per heavy atom. The van der Waals surface area contributed by atoms with E-state index in [9.17, 15) is 4.79 Å². The van der Waals surface area contributed by atoms with E-state index in [1.807, 2.05) is 18.4 Å². The van der Waals surface area contributed by atoms with E-state index in [-0.39, 0.29) is 0 Å². The van der Waals surface area contributed by atoms with Gasteiger partial charge < -0.3 is 4.74 Å². The number of hydrogen-bond donors (Lipinski definition) is 0. The Bertz CT molecular complexity index is 602. The summed E-state index contributed by atoms with van der Waals surface area (Å²) < 4.78 is 5.43. The van der Waals surface area contributed by atoms with Crippen molar-refractivity contribution in [3.63, 3.8) is 0 Å². The Hall–Kier alpha value is -1.68.